The van der Waals surface area contributed by atoms with Crippen LogP contribution in [0.15, 0.2) is 51.7 Å². The Morgan fingerprint density at radius 1 is 1.00 bits per heavy atom. The van der Waals surface area contributed by atoms with Crippen LogP contribution in [0, 0.1) is 0 Å². The Bertz CT molecular complexity index is 882. The topological polar surface area (TPSA) is 48.7 Å². The molecule has 112 valence electrons. The largest absolute Gasteiger partial charge is 0.496 e. The van der Waals surface area contributed by atoms with E-state index in [1.165, 1.54) is 6.07 Å². The second-order valence-electron chi connectivity index (χ2n) is 4.69. The van der Waals surface area contributed by atoms with Gasteiger partial charge < -0.3 is 13.9 Å². The number of fused-ring (bicyclic) bond motifs is 1. The van der Waals surface area contributed by atoms with Crippen LogP contribution in [-0.4, -0.2) is 14.2 Å². The van der Waals surface area contributed by atoms with Crippen molar-refractivity contribution in [1.29, 1.82) is 0 Å². The van der Waals surface area contributed by atoms with Crippen LogP contribution >= 0.6 is 11.6 Å². The van der Waals surface area contributed by atoms with Crippen molar-refractivity contribution in [1.82, 2.24) is 0 Å². The van der Waals surface area contributed by atoms with Crippen molar-refractivity contribution in [3.05, 3.63) is 57.9 Å². The van der Waals surface area contributed by atoms with Crippen LogP contribution in [0.5, 0.6) is 11.5 Å². The number of halogens is 1. The minimum absolute atomic E-state index is 0.411. The predicted octanol–water partition coefficient (Wildman–Crippen LogP) is 4.13. The molecule has 0 spiro atoms. The first kappa shape index (κ1) is 14.5. The van der Waals surface area contributed by atoms with Gasteiger partial charge in [-0.15, -0.1) is 0 Å². The van der Waals surface area contributed by atoms with Gasteiger partial charge in [-0.1, -0.05) is 23.7 Å². The molecule has 3 aromatic rings. The molecule has 1 heterocycles. The van der Waals surface area contributed by atoms with Crippen LogP contribution in [0.25, 0.3) is 22.1 Å². The molecule has 0 saturated carbocycles. The number of benzene rings is 2. The van der Waals surface area contributed by atoms with E-state index in [1.54, 1.807) is 38.5 Å². The molecule has 3 rings (SSSR count). The van der Waals surface area contributed by atoms with Crippen LogP contribution in [0.4, 0.5) is 0 Å². The fourth-order valence-corrected chi connectivity index (χ4v) is 2.50. The molecule has 4 nitrogen and oxygen atoms in total. The standard InChI is InChI=1S/C17H13ClO4/c1-20-12-7-14(21-2)17-13(9-16(19)22-15(17)8-12)10-3-5-11(18)6-4-10/h3-9H,1-2H3. The molecule has 0 radical (unpaired) electrons. The molecule has 0 atom stereocenters. The third-order valence-corrected chi connectivity index (χ3v) is 3.64. The SMILES string of the molecule is COc1cc(OC)c2c(-c3ccc(Cl)cc3)cc(=O)oc2c1. The highest BCUT2D eigenvalue weighted by molar-refractivity contribution is 6.30. The Labute approximate surface area is 131 Å². The van der Waals surface area contributed by atoms with Gasteiger partial charge in [-0.25, -0.2) is 4.79 Å². The van der Waals surface area contributed by atoms with E-state index in [-0.39, 0.29) is 0 Å². The minimum Gasteiger partial charge on any atom is -0.496 e. The monoisotopic (exact) mass is 316 g/mol. The van der Waals surface area contributed by atoms with Gasteiger partial charge in [0, 0.05) is 28.8 Å². The quantitative estimate of drug-likeness (QED) is 0.682. The van der Waals surface area contributed by atoms with E-state index >= 15 is 0 Å². The summed E-state index contributed by atoms with van der Waals surface area (Å²) in [6.07, 6.45) is 0. The third-order valence-electron chi connectivity index (χ3n) is 3.39. The van der Waals surface area contributed by atoms with E-state index in [0.29, 0.717) is 27.5 Å². The fraction of sp³-hybridized carbons (Fsp3) is 0.118. The van der Waals surface area contributed by atoms with Crippen LogP contribution in [0.3, 0.4) is 0 Å². The average molecular weight is 317 g/mol. The minimum atomic E-state index is -0.437. The summed E-state index contributed by atoms with van der Waals surface area (Å²) >= 11 is 5.93. The Kier molecular flexibility index (Phi) is 3.77. The second-order valence-corrected chi connectivity index (χ2v) is 5.13. The van der Waals surface area contributed by atoms with Crippen molar-refractivity contribution in [3.8, 4) is 22.6 Å². The van der Waals surface area contributed by atoms with Crippen molar-refractivity contribution in [3.63, 3.8) is 0 Å². The second kappa shape index (κ2) is 5.73. The molecular weight excluding hydrogens is 304 g/mol. The molecular formula is C17H13ClO4. The molecule has 0 N–H and O–H groups in total. The van der Waals surface area contributed by atoms with Crippen molar-refractivity contribution < 1.29 is 13.9 Å². The molecule has 1 aromatic heterocycles. The highest BCUT2D eigenvalue weighted by Gasteiger charge is 2.14. The van der Waals surface area contributed by atoms with Crippen LogP contribution in [0.2, 0.25) is 5.02 Å². The highest BCUT2D eigenvalue weighted by Crippen LogP contribution is 2.37. The number of rotatable bonds is 3. The molecule has 0 amide bonds. The lowest BCUT2D eigenvalue weighted by molar-refractivity contribution is 0.396. The molecule has 0 fully saturated rings. The fourth-order valence-electron chi connectivity index (χ4n) is 2.38. The van der Waals surface area contributed by atoms with Gasteiger partial charge >= 0.3 is 5.63 Å². The summed E-state index contributed by atoms with van der Waals surface area (Å²) < 4.78 is 15.9. The normalized spacial score (nSPS) is 10.7. The summed E-state index contributed by atoms with van der Waals surface area (Å²) in [6.45, 7) is 0. The summed E-state index contributed by atoms with van der Waals surface area (Å²) in [5, 5.41) is 1.34. The average Bonchev–Trinajstić information content (AvgIpc) is 2.53. The van der Waals surface area contributed by atoms with Gasteiger partial charge in [0.15, 0.2) is 0 Å². The maximum absolute atomic E-state index is 11.9. The smallest absolute Gasteiger partial charge is 0.336 e. The van der Waals surface area contributed by atoms with Crippen molar-refractivity contribution >= 4 is 22.6 Å². The molecule has 2 aromatic carbocycles. The summed E-state index contributed by atoms with van der Waals surface area (Å²) in [4.78, 5) is 11.9. The molecule has 0 unspecified atom stereocenters. The van der Waals surface area contributed by atoms with Crippen LogP contribution < -0.4 is 15.1 Å². The van der Waals surface area contributed by atoms with Gasteiger partial charge in [0.05, 0.1) is 19.6 Å². The summed E-state index contributed by atoms with van der Waals surface area (Å²) in [5.74, 6) is 1.13. The Balaban J connectivity index is 2.38. The Hall–Kier alpha value is -2.46. The number of hydrogen-bond acceptors (Lipinski definition) is 4. The first-order valence-electron chi connectivity index (χ1n) is 6.58. The molecule has 5 heteroatoms. The summed E-state index contributed by atoms with van der Waals surface area (Å²) in [5.41, 5.74) is 1.55. The Morgan fingerprint density at radius 3 is 2.36 bits per heavy atom. The molecule has 0 saturated heterocycles. The van der Waals surface area contributed by atoms with Crippen molar-refractivity contribution in [2.24, 2.45) is 0 Å². The lowest BCUT2D eigenvalue weighted by Crippen LogP contribution is -2.00. The van der Waals surface area contributed by atoms with E-state index in [0.717, 1.165) is 11.1 Å². The van der Waals surface area contributed by atoms with Crippen molar-refractivity contribution in [2.75, 3.05) is 14.2 Å². The first-order valence-corrected chi connectivity index (χ1v) is 6.96. The van der Waals surface area contributed by atoms with E-state index in [1.807, 2.05) is 12.1 Å². The zero-order valence-electron chi connectivity index (χ0n) is 12.1. The molecule has 0 aliphatic carbocycles. The van der Waals surface area contributed by atoms with E-state index in [4.69, 9.17) is 25.5 Å². The lowest BCUT2D eigenvalue weighted by atomic mass is 10.0. The molecule has 0 aliphatic rings. The van der Waals surface area contributed by atoms with Gasteiger partial charge in [-0.2, -0.15) is 0 Å². The zero-order chi connectivity index (χ0) is 15.7. The molecule has 0 aliphatic heterocycles. The van der Waals surface area contributed by atoms with E-state index in [9.17, 15) is 4.79 Å². The van der Waals surface area contributed by atoms with E-state index in [2.05, 4.69) is 0 Å². The molecule has 22 heavy (non-hydrogen) atoms. The maximum atomic E-state index is 11.9. The van der Waals surface area contributed by atoms with Gasteiger partial charge in [0.25, 0.3) is 0 Å². The predicted molar refractivity (Wildman–Crippen MR) is 86.0 cm³/mol. The highest BCUT2D eigenvalue weighted by atomic mass is 35.5. The van der Waals surface area contributed by atoms with Crippen LogP contribution in [0.1, 0.15) is 0 Å². The summed E-state index contributed by atoms with van der Waals surface area (Å²) in [6, 6.07) is 12.1. The van der Waals surface area contributed by atoms with Gasteiger partial charge in [0.2, 0.25) is 0 Å². The van der Waals surface area contributed by atoms with Crippen LogP contribution in [-0.2, 0) is 0 Å². The Morgan fingerprint density at radius 2 is 1.73 bits per heavy atom. The van der Waals surface area contributed by atoms with Gasteiger partial charge in [-0.05, 0) is 17.7 Å². The number of hydrogen-bond donors (Lipinski definition) is 0. The third kappa shape index (κ3) is 2.53. The van der Waals surface area contributed by atoms with Crippen molar-refractivity contribution in [2.45, 2.75) is 0 Å². The maximum Gasteiger partial charge on any atom is 0.336 e. The first-order chi connectivity index (χ1) is 10.6. The zero-order valence-corrected chi connectivity index (χ0v) is 12.8. The van der Waals surface area contributed by atoms with E-state index < -0.39 is 5.63 Å². The van der Waals surface area contributed by atoms with Gasteiger partial charge in [0.1, 0.15) is 17.1 Å². The molecule has 0 bridgehead atoms. The number of ether oxygens (including phenoxy) is 2. The number of methoxy groups -OCH3 is 2. The summed E-state index contributed by atoms with van der Waals surface area (Å²) in [7, 11) is 3.10. The lowest BCUT2D eigenvalue weighted by Gasteiger charge is -2.11. The van der Waals surface area contributed by atoms with Gasteiger partial charge in [-0.3, -0.25) is 0 Å².